The SMILES string of the molecule is C=C(CC)N(NC)C(C)C. The molecular weight excluding hydrogens is 124 g/mol. The summed E-state index contributed by atoms with van der Waals surface area (Å²) >= 11 is 0. The molecular formula is C8H18N2. The van der Waals surface area contributed by atoms with Gasteiger partial charge in [0.15, 0.2) is 0 Å². The summed E-state index contributed by atoms with van der Waals surface area (Å²) in [5.41, 5.74) is 4.22. The molecule has 60 valence electrons. The molecule has 2 heteroatoms. The van der Waals surface area contributed by atoms with Gasteiger partial charge in [-0.25, -0.2) is 5.43 Å². The molecule has 1 N–H and O–H groups in total. The van der Waals surface area contributed by atoms with Crippen LogP contribution < -0.4 is 5.43 Å². The Labute approximate surface area is 63.9 Å². The molecule has 0 aliphatic heterocycles. The quantitative estimate of drug-likeness (QED) is 0.602. The van der Waals surface area contributed by atoms with Crippen molar-refractivity contribution < 1.29 is 0 Å². The Morgan fingerprint density at radius 3 is 2.20 bits per heavy atom. The third kappa shape index (κ3) is 2.40. The highest BCUT2D eigenvalue weighted by atomic mass is 15.5. The number of rotatable bonds is 4. The maximum atomic E-state index is 3.93. The minimum Gasteiger partial charge on any atom is -0.311 e. The van der Waals surface area contributed by atoms with Crippen LogP contribution in [0.1, 0.15) is 27.2 Å². The van der Waals surface area contributed by atoms with Crippen molar-refractivity contribution in [3.05, 3.63) is 12.3 Å². The van der Waals surface area contributed by atoms with Crippen LogP contribution in [0.4, 0.5) is 0 Å². The van der Waals surface area contributed by atoms with Gasteiger partial charge in [0.25, 0.3) is 0 Å². The lowest BCUT2D eigenvalue weighted by Gasteiger charge is -2.28. The molecule has 0 saturated heterocycles. The van der Waals surface area contributed by atoms with Gasteiger partial charge in [0, 0.05) is 18.8 Å². The molecule has 0 aliphatic rings. The molecule has 0 atom stereocenters. The molecule has 0 rings (SSSR count). The van der Waals surface area contributed by atoms with Crippen LogP contribution in [-0.4, -0.2) is 18.1 Å². The van der Waals surface area contributed by atoms with Gasteiger partial charge in [0.1, 0.15) is 0 Å². The van der Waals surface area contributed by atoms with Crippen molar-refractivity contribution in [2.24, 2.45) is 0 Å². The van der Waals surface area contributed by atoms with Crippen molar-refractivity contribution in [2.45, 2.75) is 33.2 Å². The molecule has 0 bridgehead atoms. The number of nitrogens with zero attached hydrogens (tertiary/aromatic N) is 1. The molecule has 0 spiro atoms. The molecule has 2 nitrogen and oxygen atoms in total. The van der Waals surface area contributed by atoms with E-state index in [0.29, 0.717) is 6.04 Å². The van der Waals surface area contributed by atoms with E-state index in [1.807, 2.05) is 7.05 Å². The number of hydrogen-bond acceptors (Lipinski definition) is 2. The van der Waals surface area contributed by atoms with E-state index in [2.05, 4.69) is 37.8 Å². The number of allylic oxidation sites excluding steroid dienone is 1. The van der Waals surface area contributed by atoms with Gasteiger partial charge < -0.3 is 5.01 Å². The largest absolute Gasteiger partial charge is 0.311 e. The van der Waals surface area contributed by atoms with E-state index in [4.69, 9.17) is 0 Å². The second kappa shape index (κ2) is 4.34. The van der Waals surface area contributed by atoms with Crippen LogP contribution >= 0.6 is 0 Å². The lowest BCUT2D eigenvalue weighted by atomic mass is 10.3. The zero-order chi connectivity index (χ0) is 8.15. The summed E-state index contributed by atoms with van der Waals surface area (Å²) in [5.74, 6) is 0. The van der Waals surface area contributed by atoms with E-state index >= 15 is 0 Å². The van der Waals surface area contributed by atoms with Crippen LogP contribution in [0.2, 0.25) is 0 Å². The maximum absolute atomic E-state index is 3.93. The zero-order valence-electron chi connectivity index (χ0n) is 7.44. The van der Waals surface area contributed by atoms with E-state index in [1.165, 1.54) is 0 Å². The Kier molecular flexibility index (Phi) is 4.12. The third-order valence-corrected chi connectivity index (χ3v) is 1.51. The summed E-state index contributed by atoms with van der Waals surface area (Å²) in [6.07, 6.45) is 0.999. The van der Waals surface area contributed by atoms with E-state index < -0.39 is 0 Å². The fourth-order valence-electron chi connectivity index (χ4n) is 0.952. The number of hydrogen-bond donors (Lipinski definition) is 1. The van der Waals surface area contributed by atoms with Gasteiger partial charge in [-0.2, -0.15) is 0 Å². The van der Waals surface area contributed by atoms with Crippen molar-refractivity contribution in [3.63, 3.8) is 0 Å². The Hall–Kier alpha value is -0.500. The first kappa shape index (κ1) is 9.50. The molecule has 0 unspecified atom stereocenters. The molecule has 0 radical (unpaired) electrons. The highest BCUT2D eigenvalue weighted by Crippen LogP contribution is 2.05. The van der Waals surface area contributed by atoms with Gasteiger partial charge in [-0.05, 0) is 20.3 Å². The average Bonchev–Trinajstić information content (AvgIpc) is 1.88. The smallest absolute Gasteiger partial charge is 0.0394 e. The second-order valence-electron chi connectivity index (χ2n) is 2.61. The van der Waals surface area contributed by atoms with Crippen LogP contribution in [0.25, 0.3) is 0 Å². The Bertz CT molecular complexity index is 108. The number of nitrogens with one attached hydrogen (secondary N) is 1. The molecule has 0 aliphatic carbocycles. The first-order valence-corrected chi connectivity index (χ1v) is 3.77. The van der Waals surface area contributed by atoms with Gasteiger partial charge in [-0.3, -0.25) is 0 Å². The van der Waals surface area contributed by atoms with Gasteiger partial charge in [0.2, 0.25) is 0 Å². The summed E-state index contributed by atoms with van der Waals surface area (Å²) in [4.78, 5) is 0. The summed E-state index contributed by atoms with van der Waals surface area (Å²) in [7, 11) is 1.92. The molecule has 10 heavy (non-hydrogen) atoms. The highest BCUT2D eigenvalue weighted by Gasteiger charge is 2.06. The predicted octanol–water partition coefficient (Wildman–Crippen LogP) is 1.75. The molecule has 0 aromatic carbocycles. The van der Waals surface area contributed by atoms with Crippen molar-refractivity contribution >= 4 is 0 Å². The lowest BCUT2D eigenvalue weighted by molar-refractivity contribution is 0.212. The van der Waals surface area contributed by atoms with Gasteiger partial charge >= 0.3 is 0 Å². The van der Waals surface area contributed by atoms with Gasteiger partial charge in [-0.15, -0.1) is 0 Å². The first-order valence-electron chi connectivity index (χ1n) is 3.77. The second-order valence-corrected chi connectivity index (χ2v) is 2.61. The Morgan fingerprint density at radius 2 is 2.10 bits per heavy atom. The zero-order valence-corrected chi connectivity index (χ0v) is 7.44. The van der Waals surface area contributed by atoms with Gasteiger partial charge in [-0.1, -0.05) is 13.5 Å². The standard InChI is InChI=1S/C8H18N2/c1-6-8(4)10(9-5)7(2)3/h7,9H,4,6H2,1-3,5H3. The molecule has 0 aromatic rings. The van der Waals surface area contributed by atoms with Crippen LogP contribution in [-0.2, 0) is 0 Å². The normalized spacial score (nSPS) is 10.1. The summed E-state index contributed by atoms with van der Waals surface area (Å²) < 4.78 is 0. The maximum Gasteiger partial charge on any atom is 0.0394 e. The van der Waals surface area contributed by atoms with Crippen molar-refractivity contribution in [2.75, 3.05) is 7.05 Å². The van der Waals surface area contributed by atoms with Crippen LogP contribution in [0, 0.1) is 0 Å². The minimum absolute atomic E-state index is 0.484. The van der Waals surface area contributed by atoms with Crippen LogP contribution in [0.3, 0.4) is 0 Å². The topological polar surface area (TPSA) is 15.3 Å². The molecule has 0 amide bonds. The van der Waals surface area contributed by atoms with Crippen LogP contribution in [0.5, 0.6) is 0 Å². The van der Waals surface area contributed by atoms with E-state index in [0.717, 1.165) is 12.1 Å². The molecule has 0 saturated carbocycles. The Balaban J connectivity index is 3.93. The van der Waals surface area contributed by atoms with E-state index in [-0.39, 0.29) is 0 Å². The summed E-state index contributed by atoms with van der Waals surface area (Å²) in [5, 5.41) is 2.07. The van der Waals surface area contributed by atoms with E-state index in [1.54, 1.807) is 0 Å². The van der Waals surface area contributed by atoms with Crippen molar-refractivity contribution in [1.82, 2.24) is 10.4 Å². The fraction of sp³-hybridized carbons (Fsp3) is 0.750. The predicted molar refractivity (Wildman–Crippen MR) is 45.5 cm³/mol. The van der Waals surface area contributed by atoms with E-state index in [9.17, 15) is 0 Å². The molecule has 0 aromatic heterocycles. The third-order valence-electron chi connectivity index (χ3n) is 1.51. The molecule has 0 fully saturated rings. The summed E-state index contributed by atoms with van der Waals surface area (Å²) in [6, 6.07) is 0.484. The molecule has 0 heterocycles. The van der Waals surface area contributed by atoms with Crippen molar-refractivity contribution in [3.8, 4) is 0 Å². The lowest BCUT2D eigenvalue weighted by Crippen LogP contribution is -2.39. The van der Waals surface area contributed by atoms with Crippen molar-refractivity contribution in [1.29, 1.82) is 0 Å². The Morgan fingerprint density at radius 1 is 1.60 bits per heavy atom. The van der Waals surface area contributed by atoms with Gasteiger partial charge in [0.05, 0.1) is 0 Å². The average molecular weight is 142 g/mol. The summed E-state index contributed by atoms with van der Waals surface area (Å²) in [6.45, 7) is 10.3. The minimum atomic E-state index is 0.484. The fourth-order valence-corrected chi connectivity index (χ4v) is 0.952. The monoisotopic (exact) mass is 142 g/mol. The highest BCUT2D eigenvalue weighted by molar-refractivity contribution is 4.91. The first-order chi connectivity index (χ1) is 4.63. The number of hydrazine groups is 1. The van der Waals surface area contributed by atoms with Crippen LogP contribution in [0.15, 0.2) is 12.3 Å².